The van der Waals surface area contributed by atoms with Crippen LogP contribution in [0.4, 0.5) is 0 Å². The van der Waals surface area contributed by atoms with E-state index in [-0.39, 0.29) is 5.75 Å². The number of pyridine rings is 1. The third-order valence-corrected chi connectivity index (χ3v) is 4.13. The molecule has 0 amide bonds. The van der Waals surface area contributed by atoms with Crippen molar-refractivity contribution in [2.24, 2.45) is 11.7 Å². The molecular weight excluding hydrogens is 392 g/mol. The molecule has 1 aromatic heterocycles. The van der Waals surface area contributed by atoms with Gasteiger partial charge in [0.05, 0.1) is 0 Å². The molecule has 1 heterocycles. The van der Waals surface area contributed by atoms with Crippen LogP contribution in [-0.4, -0.2) is 10.1 Å². The summed E-state index contributed by atoms with van der Waals surface area (Å²) in [7, 11) is 0. The number of aryl methyl sites for hydroxylation is 1. The Morgan fingerprint density at radius 2 is 1.31 bits per heavy atom. The lowest BCUT2D eigenvalue weighted by atomic mass is 10.0. The van der Waals surface area contributed by atoms with Gasteiger partial charge in [0.1, 0.15) is 11.3 Å². The van der Waals surface area contributed by atoms with Crippen molar-refractivity contribution in [1.29, 1.82) is 0 Å². The zero-order valence-electron chi connectivity index (χ0n) is 20.3. The highest BCUT2D eigenvalue weighted by atomic mass is 16.3. The number of nitrogens with two attached hydrogens (primary N) is 1. The summed E-state index contributed by atoms with van der Waals surface area (Å²) in [5.41, 5.74) is 10.8. The van der Waals surface area contributed by atoms with Crippen molar-refractivity contribution in [3.05, 3.63) is 96.2 Å². The van der Waals surface area contributed by atoms with E-state index in [4.69, 9.17) is 5.73 Å². The van der Waals surface area contributed by atoms with Gasteiger partial charge in [-0.05, 0) is 41.7 Å². The van der Waals surface area contributed by atoms with E-state index in [0.717, 1.165) is 17.0 Å². The molecule has 4 aromatic rings. The molecular formula is C29H38N2O. The maximum atomic E-state index is 9.43. The summed E-state index contributed by atoms with van der Waals surface area (Å²) in [6.45, 7) is 13.0. The predicted octanol–water partition coefficient (Wildman–Crippen LogP) is 7.75. The molecule has 4 rings (SSSR count). The molecule has 3 heteroatoms. The molecule has 0 saturated carbocycles. The number of aromatic nitrogens is 1. The SMILES string of the molecule is CC.CC(C)C.Cc1ccc2cccc(O)c2n1.NCc1ccc(-c2ccccc2)cc1. The first-order valence-electron chi connectivity index (χ1n) is 11.3. The van der Waals surface area contributed by atoms with Crippen molar-refractivity contribution in [3.63, 3.8) is 0 Å². The molecule has 0 aliphatic heterocycles. The topological polar surface area (TPSA) is 59.1 Å². The van der Waals surface area contributed by atoms with Crippen molar-refractivity contribution in [1.82, 2.24) is 4.98 Å². The van der Waals surface area contributed by atoms with Crippen LogP contribution in [0.1, 0.15) is 45.9 Å². The lowest BCUT2D eigenvalue weighted by Gasteiger charge is -2.02. The monoisotopic (exact) mass is 430 g/mol. The average molecular weight is 431 g/mol. The highest BCUT2D eigenvalue weighted by molar-refractivity contribution is 5.84. The number of aromatic hydroxyl groups is 1. The van der Waals surface area contributed by atoms with Crippen LogP contribution < -0.4 is 5.73 Å². The fraction of sp³-hybridized carbons (Fsp3) is 0.276. The van der Waals surface area contributed by atoms with Crippen molar-refractivity contribution in [2.75, 3.05) is 0 Å². The molecule has 3 aromatic carbocycles. The number of para-hydroxylation sites is 1. The Kier molecular flexibility index (Phi) is 12.4. The van der Waals surface area contributed by atoms with Gasteiger partial charge in [-0.2, -0.15) is 0 Å². The van der Waals surface area contributed by atoms with E-state index < -0.39 is 0 Å². The van der Waals surface area contributed by atoms with E-state index in [1.807, 2.05) is 63.2 Å². The van der Waals surface area contributed by atoms with Gasteiger partial charge in [0.15, 0.2) is 0 Å². The third kappa shape index (κ3) is 9.32. The smallest absolute Gasteiger partial charge is 0.141 e. The van der Waals surface area contributed by atoms with E-state index in [2.05, 4.69) is 62.2 Å². The Bertz CT molecular complexity index is 1020. The number of hydrogen-bond acceptors (Lipinski definition) is 3. The second-order valence-corrected chi connectivity index (χ2v) is 7.80. The Morgan fingerprint density at radius 3 is 1.88 bits per heavy atom. The highest BCUT2D eigenvalue weighted by Gasteiger charge is 1.99. The summed E-state index contributed by atoms with van der Waals surface area (Å²) in [6, 6.07) is 28.0. The number of hydrogen-bond donors (Lipinski definition) is 2. The predicted molar refractivity (Wildman–Crippen MR) is 140 cm³/mol. The first-order valence-corrected chi connectivity index (χ1v) is 11.3. The summed E-state index contributed by atoms with van der Waals surface area (Å²) in [5, 5.41) is 10.4. The molecule has 170 valence electrons. The van der Waals surface area contributed by atoms with Gasteiger partial charge in [-0.25, -0.2) is 4.98 Å². The van der Waals surface area contributed by atoms with Crippen LogP contribution >= 0.6 is 0 Å². The molecule has 32 heavy (non-hydrogen) atoms. The van der Waals surface area contributed by atoms with Crippen LogP contribution in [-0.2, 0) is 6.54 Å². The summed E-state index contributed by atoms with van der Waals surface area (Å²) >= 11 is 0. The van der Waals surface area contributed by atoms with E-state index in [0.29, 0.717) is 12.1 Å². The van der Waals surface area contributed by atoms with E-state index >= 15 is 0 Å². The molecule has 0 atom stereocenters. The molecule has 3 nitrogen and oxygen atoms in total. The number of phenolic OH excluding ortho intramolecular Hbond substituents is 1. The van der Waals surface area contributed by atoms with Gasteiger partial charge in [0.2, 0.25) is 0 Å². The highest BCUT2D eigenvalue weighted by Crippen LogP contribution is 2.22. The van der Waals surface area contributed by atoms with Crippen molar-refractivity contribution in [3.8, 4) is 16.9 Å². The van der Waals surface area contributed by atoms with E-state index in [9.17, 15) is 5.11 Å². The quantitative estimate of drug-likeness (QED) is 0.342. The minimum Gasteiger partial charge on any atom is -0.506 e. The van der Waals surface area contributed by atoms with Crippen LogP contribution in [0.2, 0.25) is 0 Å². The number of rotatable bonds is 2. The molecule has 0 bridgehead atoms. The lowest BCUT2D eigenvalue weighted by Crippen LogP contribution is -1.95. The van der Waals surface area contributed by atoms with Crippen LogP contribution in [0.15, 0.2) is 84.9 Å². The van der Waals surface area contributed by atoms with Crippen LogP contribution in [0.3, 0.4) is 0 Å². The number of benzene rings is 3. The number of phenols is 1. The molecule has 0 aliphatic carbocycles. The maximum absolute atomic E-state index is 9.43. The molecule has 0 unspecified atom stereocenters. The molecule has 0 radical (unpaired) electrons. The van der Waals surface area contributed by atoms with Crippen molar-refractivity contribution in [2.45, 2.75) is 48.1 Å². The first-order chi connectivity index (χ1) is 15.4. The Balaban J connectivity index is 0.000000260. The largest absolute Gasteiger partial charge is 0.506 e. The standard InChI is InChI=1S/C13H13N.C10H9NO.C4H10.C2H6/c14-10-11-6-8-13(9-7-11)12-4-2-1-3-5-12;1-7-5-6-8-3-2-4-9(12)10(8)11-7;1-4(2)3;1-2/h1-9H,10,14H2;2-6,12H,1H3;4H,1-3H3;1-2H3. The maximum Gasteiger partial charge on any atom is 0.141 e. The van der Waals surface area contributed by atoms with Gasteiger partial charge >= 0.3 is 0 Å². The Labute approximate surface area is 194 Å². The van der Waals surface area contributed by atoms with Gasteiger partial charge in [-0.3, -0.25) is 0 Å². The van der Waals surface area contributed by atoms with Gasteiger partial charge in [-0.1, -0.05) is 107 Å². The summed E-state index contributed by atoms with van der Waals surface area (Å²) in [4.78, 5) is 4.23. The van der Waals surface area contributed by atoms with Crippen LogP contribution in [0.5, 0.6) is 5.75 Å². The van der Waals surface area contributed by atoms with E-state index in [1.54, 1.807) is 6.07 Å². The van der Waals surface area contributed by atoms with E-state index in [1.165, 1.54) is 16.7 Å². The van der Waals surface area contributed by atoms with Crippen LogP contribution in [0.25, 0.3) is 22.0 Å². The average Bonchev–Trinajstić information content (AvgIpc) is 2.82. The second-order valence-electron chi connectivity index (χ2n) is 7.80. The molecule has 3 N–H and O–H groups in total. The Morgan fingerprint density at radius 1 is 0.750 bits per heavy atom. The number of nitrogens with zero attached hydrogens (tertiary/aromatic N) is 1. The van der Waals surface area contributed by atoms with Crippen molar-refractivity contribution < 1.29 is 5.11 Å². The Hall–Kier alpha value is -3.17. The van der Waals surface area contributed by atoms with Gasteiger partial charge in [0, 0.05) is 17.6 Å². The lowest BCUT2D eigenvalue weighted by molar-refractivity contribution is 0.480. The summed E-state index contributed by atoms with van der Waals surface area (Å²) in [5.74, 6) is 1.08. The summed E-state index contributed by atoms with van der Waals surface area (Å²) in [6.07, 6.45) is 0. The normalized spacial score (nSPS) is 9.62. The minimum atomic E-state index is 0.246. The fourth-order valence-electron chi connectivity index (χ4n) is 2.69. The molecule has 0 spiro atoms. The molecule has 0 saturated heterocycles. The van der Waals surface area contributed by atoms with Gasteiger partial charge in [0.25, 0.3) is 0 Å². The van der Waals surface area contributed by atoms with Crippen molar-refractivity contribution >= 4 is 10.9 Å². The summed E-state index contributed by atoms with van der Waals surface area (Å²) < 4.78 is 0. The van der Waals surface area contributed by atoms with Gasteiger partial charge in [-0.15, -0.1) is 0 Å². The second kappa shape index (κ2) is 14.8. The molecule has 0 aliphatic rings. The zero-order chi connectivity index (χ0) is 23.9. The number of fused-ring (bicyclic) bond motifs is 1. The first kappa shape index (κ1) is 26.9. The third-order valence-electron chi connectivity index (χ3n) is 4.13. The van der Waals surface area contributed by atoms with Crippen LogP contribution in [0, 0.1) is 12.8 Å². The zero-order valence-corrected chi connectivity index (χ0v) is 20.3. The van der Waals surface area contributed by atoms with Gasteiger partial charge < -0.3 is 10.8 Å². The minimum absolute atomic E-state index is 0.246. The molecule has 0 fully saturated rings. The fourth-order valence-corrected chi connectivity index (χ4v) is 2.69.